The van der Waals surface area contributed by atoms with Crippen molar-refractivity contribution in [2.45, 2.75) is 17.7 Å². The van der Waals surface area contributed by atoms with Crippen LogP contribution >= 0.6 is 11.8 Å². The Labute approximate surface area is 112 Å². The molecule has 98 valence electrons. The molecule has 4 heteroatoms. The van der Waals surface area contributed by atoms with Crippen LogP contribution < -0.4 is 0 Å². The summed E-state index contributed by atoms with van der Waals surface area (Å²) in [6.45, 7) is 1.74. The molecular formula is C14H19NO2S. The molecule has 0 radical (unpaired) electrons. The van der Waals surface area contributed by atoms with E-state index in [4.69, 9.17) is 5.11 Å². The summed E-state index contributed by atoms with van der Waals surface area (Å²) in [5, 5.41) is 9.16. The summed E-state index contributed by atoms with van der Waals surface area (Å²) in [5.41, 5.74) is 0. The van der Waals surface area contributed by atoms with Gasteiger partial charge in [-0.25, -0.2) is 0 Å². The Morgan fingerprint density at radius 2 is 2.17 bits per heavy atom. The monoisotopic (exact) mass is 265 g/mol. The molecule has 1 aliphatic heterocycles. The number of carbonyl (C=O) groups is 1. The number of likely N-dealkylation sites (tertiary alicyclic amines) is 1. The SMILES string of the molecule is O=C(CSc1ccccc1)N1CCCC(CO)C1. The molecule has 3 nitrogen and oxygen atoms in total. The molecule has 0 bridgehead atoms. The molecule has 2 rings (SSSR count). The van der Waals surface area contributed by atoms with Crippen LogP contribution in [0.5, 0.6) is 0 Å². The van der Waals surface area contributed by atoms with Crippen LogP contribution in [-0.2, 0) is 4.79 Å². The Hall–Kier alpha value is -1.00. The lowest BCUT2D eigenvalue weighted by atomic mass is 9.99. The summed E-state index contributed by atoms with van der Waals surface area (Å²) < 4.78 is 0. The van der Waals surface area contributed by atoms with Crippen molar-refractivity contribution in [2.75, 3.05) is 25.4 Å². The highest BCUT2D eigenvalue weighted by atomic mass is 32.2. The van der Waals surface area contributed by atoms with E-state index in [1.165, 1.54) is 0 Å². The lowest BCUT2D eigenvalue weighted by Crippen LogP contribution is -2.41. The third kappa shape index (κ3) is 3.75. The Bertz CT molecular complexity index is 383. The van der Waals surface area contributed by atoms with Gasteiger partial charge in [-0.05, 0) is 30.9 Å². The molecule has 18 heavy (non-hydrogen) atoms. The number of thioether (sulfide) groups is 1. The fourth-order valence-corrected chi connectivity index (χ4v) is 3.02. The van der Waals surface area contributed by atoms with Crippen molar-refractivity contribution in [3.8, 4) is 0 Å². The third-order valence-electron chi connectivity index (χ3n) is 3.24. The van der Waals surface area contributed by atoms with E-state index in [-0.39, 0.29) is 18.4 Å². The van der Waals surface area contributed by atoms with E-state index in [2.05, 4.69) is 0 Å². The minimum absolute atomic E-state index is 0.182. The van der Waals surface area contributed by atoms with E-state index in [1.54, 1.807) is 11.8 Å². The maximum atomic E-state index is 12.1. The number of hydrogen-bond acceptors (Lipinski definition) is 3. The van der Waals surface area contributed by atoms with E-state index < -0.39 is 0 Å². The number of nitrogens with zero attached hydrogens (tertiary/aromatic N) is 1. The van der Waals surface area contributed by atoms with E-state index >= 15 is 0 Å². The molecule has 1 atom stereocenters. The average molecular weight is 265 g/mol. The second-order valence-electron chi connectivity index (χ2n) is 4.63. The van der Waals surface area contributed by atoms with Crippen LogP contribution in [-0.4, -0.2) is 41.4 Å². The minimum atomic E-state index is 0.182. The summed E-state index contributed by atoms with van der Waals surface area (Å²) in [6, 6.07) is 9.97. The van der Waals surface area contributed by atoms with Crippen LogP contribution in [0.1, 0.15) is 12.8 Å². The lowest BCUT2D eigenvalue weighted by Gasteiger charge is -2.31. The molecule has 1 aromatic rings. The Kier molecular flexibility index (Phi) is 5.08. The third-order valence-corrected chi connectivity index (χ3v) is 4.23. The molecule has 1 saturated heterocycles. The first kappa shape index (κ1) is 13.4. The molecule has 0 aliphatic carbocycles. The van der Waals surface area contributed by atoms with Gasteiger partial charge in [-0.3, -0.25) is 4.79 Å². The van der Waals surface area contributed by atoms with E-state index in [9.17, 15) is 4.79 Å². The standard InChI is InChI=1S/C14H19NO2S/c16-10-12-5-4-8-15(9-12)14(17)11-18-13-6-2-1-3-7-13/h1-3,6-7,12,16H,4-5,8-11H2. The minimum Gasteiger partial charge on any atom is -0.396 e. The second-order valence-corrected chi connectivity index (χ2v) is 5.68. The van der Waals surface area contributed by atoms with Crippen molar-refractivity contribution in [1.82, 2.24) is 4.90 Å². The fourth-order valence-electron chi connectivity index (χ4n) is 2.19. The van der Waals surface area contributed by atoms with Gasteiger partial charge in [-0.1, -0.05) is 18.2 Å². The predicted octanol–water partition coefficient (Wildman–Crippen LogP) is 2.01. The zero-order chi connectivity index (χ0) is 12.8. The van der Waals surface area contributed by atoms with Crippen LogP contribution in [0, 0.1) is 5.92 Å². The molecule has 1 amide bonds. The largest absolute Gasteiger partial charge is 0.396 e. The Balaban J connectivity index is 1.81. The molecule has 0 saturated carbocycles. The molecule has 1 aromatic carbocycles. The molecule has 0 spiro atoms. The highest BCUT2D eigenvalue weighted by Crippen LogP contribution is 2.20. The Morgan fingerprint density at radius 3 is 2.89 bits per heavy atom. The van der Waals surface area contributed by atoms with Crippen molar-refractivity contribution in [2.24, 2.45) is 5.92 Å². The van der Waals surface area contributed by atoms with Gasteiger partial charge in [0.15, 0.2) is 0 Å². The second kappa shape index (κ2) is 6.81. The first-order valence-electron chi connectivity index (χ1n) is 6.36. The number of amides is 1. The number of piperidine rings is 1. The van der Waals surface area contributed by atoms with Crippen molar-refractivity contribution in [3.05, 3.63) is 30.3 Å². The molecule has 1 aliphatic rings. The van der Waals surface area contributed by atoms with Crippen molar-refractivity contribution >= 4 is 17.7 Å². The van der Waals surface area contributed by atoms with E-state index in [1.807, 2.05) is 35.2 Å². The first-order valence-corrected chi connectivity index (χ1v) is 7.34. The molecular weight excluding hydrogens is 246 g/mol. The van der Waals surface area contributed by atoms with Gasteiger partial charge in [0.1, 0.15) is 0 Å². The lowest BCUT2D eigenvalue weighted by molar-refractivity contribution is -0.130. The van der Waals surface area contributed by atoms with Gasteiger partial charge in [-0.2, -0.15) is 0 Å². The number of hydrogen-bond donors (Lipinski definition) is 1. The molecule has 1 N–H and O–H groups in total. The van der Waals surface area contributed by atoms with Gasteiger partial charge >= 0.3 is 0 Å². The van der Waals surface area contributed by atoms with Crippen LogP contribution in [0.2, 0.25) is 0 Å². The molecule has 0 aromatic heterocycles. The van der Waals surface area contributed by atoms with Gasteiger partial charge in [-0.15, -0.1) is 11.8 Å². The van der Waals surface area contributed by atoms with Crippen molar-refractivity contribution in [3.63, 3.8) is 0 Å². The zero-order valence-electron chi connectivity index (χ0n) is 10.4. The van der Waals surface area contributed by atoms with E-state index in [0.717, 1.165) is 24.3 Å². The molecule has 1 unspecified atom stereocenters. The van der Waals surface area contributed by atoms with Crippen LogP contribution in [0.4, 0.5) is 0 Å². The number of rotatable bonds is 4. The van der Waals surface area contributed by atoms with Gasteiger partial charge in [0.05, 0.1) is 5.75 Å². The van der Waals surface area contributed by atoms with Crippen molar-refractivity contribution in [1.29, 1.82) is 0 Å². The van der Waals surface area contributed by atoms with Gasteiger partial charge in [0, 0.05) is 24.6 Å². The summed E-state index contributed by atoms with van der Waals surface area (Å²) in [4.78, 5) is 15.1. The van der Waals surface area contributed by atoms with Gasteiger partial charge in [0.25, 0.3) is 0 Å². The number of carbonyl (C=O) groups excluding carboxylic acids is 1. The quantitative estimate of drug-likeness (QED) is 0.847. The highest BCUT2D eigenvalue weighted by Gasteiger charge is 2.22. The number of benzene rings is 1. The molecule has 1 heterocycles. The summed E-state index contributed by atoms with van der Waals surface area (Å²) in [5.74, 6) is 0.939. The number of aliphatic hydroxyl groups is 1. The van der Waals surface area contributed by atoms with Crippen LogP contribution in [0.15, 0.2) is 35.2 Å². The summed E-state index contributed by atoms with van der Waals surface area (Å²) in [6.07, 6.45) is 2.04. The smallest absolute Gasteiger partial charge is 0.232 e. The fraction of sp³-hybridized carbons (Fsp3) is 0.500. The van der Waals surface area contributed by atoms with Gasteiger partial charge < -0.3 is 10.0 Å². The summed E-state index contributed by atoms with van der Waals surface area (Å²) in [7, 11) is 0. The predicted molar refractivity (Wildman–Crippen MR) is 73.6 cm³/mol. The van der Waals surface area contributed by atoms with Crippen molar-refractivity contribution < 1.29 is 9.90 Å². The maximum Gasteiger partial charge on any atom is 0.232 e. The summed E-state index contributed by atoms with van der Waals surface area (Å²) >= 11 is 1.58. The van der Waals surface area contributed by atoms with Crippen LogP contribution in [0.25, 0.3) is 0 Å². The number of aliphatic hydroxyl groups excluding tert-OH is 1. The zero-order valence-corrected chi connectivity index (χ0v) is 11.2. The van der Waals surface area contributed by atoms with Crippen LogP contribution in [0.3, 0.4) is 0 Å². The normalized spacial score (nSPS) is 19.8. The topological polar surface area (TPSA) is 40.5 Å². The Morgan fingerprint density at radius 1 is 1.39 bits per heavy atom. The highest BCUT2D eigenvalue weighted by molar-refractivity contribution is 8.00. The van der Waals surface area contributed by atoms with E-state index in [0.29, 0.717) is 12.3 Å². The average Bonchev–Trinajstić information content (AvgIpc) is 2.46. The van der Waals surface area contributed by atoms with Gasteiger partial charge in [0.2, 0.25) is 5.91 Å². The first-order chi connectivity index (χ1) is 8.79. The maximum absolute atomic E-state index is 12.1. The molecule has 1 fully saturated rings.